The fraction of sp³-hybridized carbons (Fsp3) is 1.00. The third-order valence-electron chi connectivity index (χ3n) is 0.894. The second-order valence-electron chi connectivity index (χ2n) is 2.89. The van der Waals surface area contributed by atoms with Gasteiger partial charge in [-0.25, -0.2) is 0 Å². The maximum atomic E-state index is 7.88. The Hall–Kier alpha value is 1.61. The van der Waals surface area contributed by atoms with Gasteiger partial charge < -0.3 is 20.4 Å². The SMILES string of the molecule is CCCO.CCCO.CCCO.CCCO.[Zr].[Zr]. The van der Waals surface area contributed by atoms with Crippen LogP contribution >= 0.6 is 0 Å². The molecule has 0 unspecified atom stereocenters. The molecule has 112 valence electrons. The van der Waals surface area contributed by atoms with Crippen LogP contribution in [0.2, 0.25) is 0 Å². The first kappa shape index (κ1) is 36.7. The molecule has 18 heavy (non-hydrogen) atoms. The third kappa shape index (κ3) is 154. The number of aliphatic hydroxyl groups excluding tert-OH is 4. The minimum Gasteiger partial charge on any atom is -0.396 e. The van der Waals surface area contributed by atoms with Gasteiger partial charge in [0, 0.05) is 78.8 Å². The fourth-order valence-corrected chi connectivity index (χ4v) is 0. The molecule has 0 rings (SSSR count). The molecule has 0 radical (unpaired) electrons. The Kier molecular flexibility index (Phi) is 127. The minimum absolute atomic E-state index is 0. The van der Waals surface area contributed by atoms with Crippen molar-refractivity contribution < 1.29 is 72.8 Å². The molecule has 0 aliphatic heterocycles. The standard InChI is InChI=1S/4C3H8O.2Zr/c4*1-2-3-4;;/h4*4H,2-3H2,1H3;;. The third-order valence-corrected chi connectivity index (χ3v) is 0.894. The van der Waals surface area contributed by atoms with Crippen molar-refractivity contribution >= 4 is 0 Å². The van der Waals surface area contributed by atoms with Crippen LogP contribution in [0, 0.1) is 0 Å². The van der Waals surface area contributed by atoms with Gasteiger partial charge in [0.25, 0.3) is 0 Å². The van der Waals surface area contributed by atoms with E-state index in [0.29, 0.717) is 26.4 Å². The monoisotopic (exact) mass is 420 g/mol. The van der Waals surface area contributed by atoms with Gasteiger partial charge in [0.1, 0.15) is 0 Å². The van der Waals surface area contributed by atoms with Crippen LogP contribution in [0.1, 0.15) is 53.4 Å². The summed E-state index contributed by atoms with van der Waals surface area (Å²) in [5.41, 5.74) is 0. The average molecular weight is 423 g/mol. The summed E-state index contributed by atoms with van der Waals surface area (Å²) in [6.07, 6.45) is 3.50. The maximum absolute atomic E-state index is 7.88. The van der Waals surface area contributed by atoms with Gasteiger partial charge >= 0.3 is 0 Å². The van der Waals surface area contributed by atoms with Crippen molar-refractivity contribution in [1.82, 2.24) is 0 Å². The molecular formula is C12H32O4Zr2. The van der Waals surface area contributed by atoms with Gasteiger partial charge in [-0.05, 0) is 25.7 Å². The molecule has 4 N–H and O–H groups in total. The zero-order chi connectivity index (χ0) is 13.7. The Bertz CT molecular complexity index is 46.0. The van der Waals surface area contributed by atoms with Crippen molar-refractivity contribution in [3.05, 3.63) is 0 Å². The molecule has 0 saturated carbocycles. The van der Waals surface area contributed by atoms with E-state index in [2.05, 4.69) is 0 Å². The molecule has 0 spiro atoms. The van der Waals surface area contributed by atoms with Crippen LogP contribution in [0.4, 0.5) is 0 Å². The van der Waals surface area contributed by atoms with E-state index < -0.39 is 0 Å². The zero-order valence-corrected chi connectivity index (χ0v) is 17.4. The first-order chi connectivity index (χ1) is 7.66. The molecule has 0 saturated heterocycles. The molecule has 0 fully saturated rings. The van der Waals surface area contributed by atoms with E-state index in [-0.39, 0.29) is 52.4 Å². The van der Waals surface area contributed by atoms with Crippen molar-refractivity contribution in [3.8, 4) is 0 Å². The van der Waals surface area contributed by atoms with Crippen LogP contribution in [0.5, 0.6) is 0 Å². The molecule has 6 heteroatoms. The van der Waals surface area contributed by atoms with Gasteiger partial charge in [-0.15, -0.1) is 0 Å². The molecule has 0 bridgehead atoms. The molecule has 0 aliphatic rings. The molecule has 4 nitrogen and oxygen atoms in total. The Morgan fingerprint density at radius 2 is 0.500 bits per heavy atom. The largest absolute Gasteiger partial charge is 0.396 e. The van der Waals surface area contributed by atoms with Gasteiger partial charge in [-0.2, -0.15) is 0 Å². The zero-order valence-electron chi connectivity index (χ0n) is 12.4. The van der Waals surface area contributed by atoms with Gasteiger partial charge in [-0.1, -0.05) is 27.7 Å². The van der Waals surface area contributed by atoms with Crippen LogP contribution in [-0.4, -0.2) is 46.9 Å². The second-order valence-corrected chi connectivity index (χ2v) is 2.89. The molecule has 0 heterocycles. The fourth-order valence-electron chi connectivity index (χ4n) is 0. The van der Waals surface area contributed by atoms with E-state index in [1.165, 1.54) is 0 Å². The summed E-state index contributed by atoms with van der Waals surface area (Å²) in [4.78, 5) is 0. The predicted octanol–water partition coefficient (Wildman–Crippen LogP) is 1.55. The molecule has 0 aromatic heterocycles. The van der Waals surface area contributed by atoms with E-state index in [9.17, 15) is 0 Å². The maximum Gasteiger partial charge on any atom is 0.0428 e. The van der Waals surface area contributed by atoms with Crippen molar-refractivity contribution in [3.63, 3.8) is 0 Å². The summed E-state index contributed by atoms with van der Waals surface area (Å²) in [6, 6.07) is 0. The first-order valence-electron chi connectivity index (χ1n) is 6.09. The number of aliphatic hydroxyl groups is 4. The predicted molar refractivity (Wildman–Crippen MR) is 69.5 cm³/mol. The van der Waals surface area contributed by atoms with Crippen LogP contribution in [0.15, 0.2) is 0 Å². The topological polar surface area (TPSA) is 80.9 Å². The van der Waals surface area contributed by atoms with Gasteiger partial charge in [0.05, 0.1) is 0 Å². The van der Waals surface area contributed by atoms with Crippen LogP contribution in [-0.2, 0) is 52.4 Å². The average Bonchev–Trinajstić information content (AvgIpc) is 2.39. The van der Waals surface area contributed by atoms with Crippen molar-refractivity contribution in [2.75, 3.05) is 26.4 Å². The van der Waals surface area contributed by atoms with E-state index in [1.807, 2.05) is 27.7 Å². The summed E-state index contributed by atoms with van der Waals surface area (Å²) in [5, 5.41) is 31.5. The van der Waals surface area contributed by atoms with Crippen LogP contribution < -0.4 is 0 Å². The van der Waals surface area contributed by atoms with Crippen molar-refractivity contribution in [2.45, 2.75) is 53.4 Å². The second kappa shape index (κ2) is 62.5. The van der Waals surface area contributed by atoms with E-state index >= 15 is 0 Å². The van der Waals surface area contributed by atoms with Gasteiger partial charge in [0.2, 0.25) is 0 Å². The van der Waals surface area contributed by atoms with Crippen LogP contribution in [0.25, 0.3) is 0 Å². The molecule has 0 aliphatic carbocycles. The smallest absolute Gasteiger partial charge is 0.0428 e. The summed E-state index contributed by atoms with van der Waals surface area (Å²) in [5.74, 6) is 0. The van der Waals surface area contributed by atoms with Crippen molar-refractivity contribution in [1.29, 1.82) is 0 Å². The first-order valence-corrected chi connectivity index (χ1v) is 6.09. The van der Waals surface area contributed by atoms with E-state index in [4.69, 9.17) is 20.4 Å². The molecule has 0 atom stereocenters. The number of hydrogen-bond acceptors (Lipinski definition) is 4. The molecular weight excluding hydrogens is 391 g/mol. The molecule has 0 aromatic carbocycles. The Labute approximate surface area is 151 Å². The number of rotatable bonds is 4. The molecule has 0 aromatic rings. The summed E-state index contributed by atoms with van der Waals surface area (Å²) >= 11 is 0. The molecule has 0 amide bonds. The minimum atomic E-state index is 0. The van der Waals surface area contributed by atoms with Crippen LogP contribution in [0.3, 0.4) is 0 Å². The Morgan fingerprint density at radius 3 is 0.500 bits per heavy atom. The van der Waals surface area contributed by atoms with Gasteiger partial charge in [-0.3, -0.25) is 0 Å². The van der Waals surface area contributed by atoms with E-state index in [1.54, 1.807) is 0 Å². The summed E-state index contributed by atoms with van der Waals surface area (Å²) < 4.78 is 0. The Balaban J connectivity index is -0.0000000257. The Morgan fingerprint density at radius 1 is 0.444 bits per heavy atom. The normalized spacial score (nSPS) is 6.67. The summed E-state index contributed by atoms with van der Waals surface area (Å²) in [6.45, 7) is 9.00. The quantitative estimate of drug-likeness (QED) is 0.554. The van der Waals surface area contributed by atoms with E-state index in [0.717, 1.165) is 25.7 Å². The number of hydrogen-bond donors (Lipinski definition) is 4. The van der Waals surface area contributed by atoms with Crippen molar-refractivity contribution in [2.24, 2.45) is 0 Å². The van der Waals surface area contributed by atoms with Gasteiger partial charge in [0.15, 0.2) is 0 Å². The summed E-state index contributed by atoms with van der Waals surface area (Å²) in [7, 11) is 0.